The van der Waals surface area contributed by atoms with Crippen LogP contribution < -0.4 is 15.4 Å². The maximum Gasteiger partial charge on any atom is 0.291 e. The minimum Gasteiger partial charge on any atom is -0.494 e. The number of methoxy groups -OCH3 is 1. The number of rotatable bonds is 6. The number of anilines is 2. The maximum absolute atomic E-state index is 12.1. The van der Waals surface area contributed by atoms with Crippen molar-refractivity contribution >= 4 is 29.3 Å². The highest BCUT2D eigenvalue weighted by atomic mass is 16.5. The van der Waals surface area contributed by atoms with Gasteiger partial charge in [-0.1, -0.05) is 30.3 Å². The first-order chi connectivity index (χ1) is 13.2. The summed E-state index contributed by atoms with van der Waals surface area (Å²) in [6.07, 6.45) is 4.60. The molecule has 0 spiro atoms. The Bertz CT molecular complexity index is 948. The van der Waals surface area contributed by atoms with Crippen molar-refractivity contribution in [1.29, 1.82) is 0 Å². The van der Waals surface area contributed by atoms with Crippen molar-refractivity contribution in [2.24, 2.45) is 0 Å². The zero-order chi connectivity index (χ0) is 19.1. The Kier molecular flexibility index (Phi) is 5.69. The van der Waals surface area contributed by atoms with E-state index in [-0.39, 0.29) is 17.6 Å². The van der Waals surface area contributed by atoms with Crippen LogP contribution in [0.2, 0.25) is 0 Å². The number of carbonyl (C=O) groups is 2. The molecule has 2 amide bonds. The summed E-state index contributed by atoms with van der Waals surface area (Å²) >= 11 is 0. The maximum atomic E-state index is 12.1. The lowest BCUT2D eigenvalue weighted by molar-refractivity contribution is -0.111. The summed E-state index contributed by atoms with van der Waals surface area (Å²) in [4.78, 5) is 24.2. The molecule has 0 bridgehead atoms. The number of furan rings is 1. The Labute approximate surface area is 156 Å². The minimum absolute atomic E-state index is 0.195. The van der Waals surface area contributed by atoms with E-state index in [0.717, 1.165) is 5.56 Å². The van der Waals surface area contributed by atoms with Crippen LogP contribution in [0, 0.1) is 0 Å². The molecule has 0 saturated carbocycles. The zero-order valence-electron chi connectivity index (χ0n) is 14.6. The second-order valence-corrected chi connectivity index (χ2v) is 5.58. The van der Waals surface area contributed by atoms with E-state index >= 15 is 0 Å². The molecule has 2 aromatic carbocycles. The lowest BCUT2D eigenvalue weighted by Gasteiger charge is -2.11. The molecule has 0 aliphatic heterocycles. The van der Waals surface area contributed by atoms with Gasteiger partial charge in [0.2, 0.25) is 5.91 Å². The number of hydrogen-bond acceptors (Lipinski definition) is 4. The van der Waals surface area contributed by atoms with Crippen molar-refractivity contribution in [2.75, 3.05) is 17.7 Å². The summed E-state index contributed by atoms with van der Waals surface area (Å²) in [5.41, 5.74) is 1.95. The van der Waals surface area contributed by atoms with Crippen LogP contribution in [-0.2, 0) is 4.79 Å². The molecule has 0 saturated heterocycles. The Hall–Kier alpha value is -3.80. The van der Waals surface area contributed by atoms with E-state index < -0.39 is 0 Å². The summed E-state index contributed by atoms with van der Waals surface area (Å²) < 4.78 is 10.4. The molecule has 0 radical (unpaired) electrons. The van der Waals surface area contributed by atoms with Gasteiger partial charge in [0.15, 0.2) is 5.76 Å². The third-order valence-corrected chi connectivity index (χ3v) is 3.69. The quantitative estimate of drug-likeness (QED) is 0.644. The molecule has 0 atom stereocenters. The van der Waals surface area contributed by atoms with E-state index in [1.165, 1.54) is 19.4 Å². The number of ether oxygens (including phenoxy) is 1. The molecule has 0 aliphatic carbocycles. The molecule has 1 heterocycles. The van der Waals surface area contributed by atoms with Crippen molar-refractivity contribution in [3.8, 4) is 5.75 Å². The molecule has 27 heavy (non-hydrogen) atoms. The highest BCUT2D eigenvalue weighted by molar-refractivity contribution is 6.04. The normalized spacial score (nSPS) is 10.6. The molecule has 1 aromatic heterocycles. The fourth-order valence-electron chi connectivity index (χ4n) is 2.38. The molecule has 6 heteroatoms. The van der Waals surface area contributed by atoms with Crippen molar-refractivity contribution in [1.82, 2.24) is 0 Å². The summed E-state index contributed by atoms with van der Waals surface area (Å²) in [6.45, 7) is 0. The van der Waals surface area contributed by atoms with Gasteiger partial charge in [0.05, 0.1) is 19.1 Å². The predicted octanol–water partition coefficient (Wildman–Crippen LogP) is 4.19. The van der Waals surface area contributed by atoms with Crippen molar-refractivity contribution < 1.29 is 18.7 Å². The van der Waals surface area contributed by atoms with E-state index in [4.69, 9.17) is 9.15 Å². The third kappa shape index (κ3) is 4.85. The lowest BCUT2D eigenvalue weighted by atomic mass is 10.2. The Morgan fingerprint density at radius 1 is 1.00 bits per heavy atom. The largest absolute Gasteiger partial charge is 0.494 e. The molecule has 0 unspecified atom stereocenters. The van der Waals surface area contributed by atoms with Gasteiger partial charge in [0, 0.05) is 17.8 Å². The van der Waals surface area contributed by atoms with Crippen LogP contribution in [0.4, 0.5) is 11.4 Å². The standard InChI is InChI=1S/C21H18N2O4/c1-26-19-14-16(22-20(24)12-9-15-6-3-2-4-7-15)10-11-17(19)23-21(25)18-8-5-13-27-18/h2-14H,1H3,(H,22,24)(H,23,25). The van der Waals surface area contributed by atoms with Crippen LogP contribution in [-0.4, -0.2) is 18.9 Å². The van der Waals surface area contributed by atoms with Gasteiger partial charge in [-0.2, -0.15) is 0 Å². The number of carbonyl (C=O) groups excluding carboxylic acids is 2. The first kappa shape index (κ1) is 18.0. The number of nitrogens with one attached hydrogen (secondary N) is 2. The first-order valence-corrected chi connectivity index (χ1v) is 8.23. The van der Waals surface area contributed by atoms with Crippen LogP contribution in [0.5, 0.6) is 5.75 Å². The fourth-order valence-corrected chi connectivity index (χ4v) is 2.38. The highest BCUT2D eigenvalue weighted by Crippen LogP contribution is 2.28. The van der Waals surface area contributed by atoms with Crippen LogP contribution in [0.15, 0.2) is 77.4 Å². The molecule has 0 aliphatic rings. The first-order valence-electron chi connectivity index (χ1n) is 8.23. The van der Waals surface area contributed by atoms with Gasteiger partial charge < -0.3 is 19.8 Å². The summed E-state index contributed by atoms with van der Waals surface area (Å²) in [6, 6.07) is 17.7. The van der Waals surface area contributed by atoms with Gasteiger partial charge in [-0.05, 0) is 35.9 Å². The average Bonchev–Trinajstić information content (AvgIpc) is 3.23. The average molecular weight is 362 g/mol. The smallest absolute Gasteiger partial charge is 0.291 e. The third-order valence-electron chi connectivity index (χ3n) is 3.69. The van der Waals surface area contributed by atoms with Crippen molar-refractivity contribution in [2.45, 2.75) is 0 Å². The van der Waals surface area contributed by atoms with Gasteiger partial charge in [0.25, 0.3) is 5.91 Å². The highest BCUT2D eigenvalue weighted by Gasteiger charge is 2.12. The SMILES string of the molecule is COc1cc(NC(=O)C=Cc2ccccc2)ccc1NC(=O)c1ccco1. The molecule has 0 fully saturated rings. The zero-order valence-corrected chi connectivity index (χ0v) is 14.6. The fraction of sp³-hybridized carbons (Fsp3) is 0.0476. The monoisotopic (exact) mass is 362 g/mol. The number of benzene rings is 2. The van der Waals surface area contributed by atoms with Gasteiger partial charge in [-0.25, -0.2) is 0 Å². The molecule has 3 rings (SSSR count). The number of hydrogen-bond donors (Lipinski definition) is 2. The van der Waals surface area contributed by atoms with Gasteiger partial charge in [-0.3, -0.25) is 9.59 Å². The van der Waals surface area contributed by atoms with E-state index in [2.05, 4.69) is 10.6 Å². The van der Waals surface area contributed by atoms with Crippen LogP contribution in [0.25, 0.3) is 6.08 Å². The second-order valence-electron chi connectivity index (χ2n) is 5.58. The molecule has 136 valence electrons. The predicted molar refractivity (Wildman–Crippen MR) is 104 cm³/mol. The lowest BCUT2D eigenvalue weighted by Crippen LogP contribution is -2.12. The van der Waals surface area contributed by atoms with E-state index in [0.29, 0.717) is 17.1 Å². The van der Waals surface area contributed by atoms with Crippen molar-refractivity contribution in [3.63, 3.8) is 0 Å². The summed E-state index contributed by atoms with van der Waals surface area (Å²) in [7, 11) is 1.48. The molecule has 6 nitrogen and oxygen atoms in total. The van der Waals surface area contributed by atoms with Gasteiger partial charge in [0.1, 0.15) is 5.75 Å². The Balaban J connectivity index is 1.67. The van der Waals surface area contributed by atoms with Crippen molar-refractivity contribution in [3.05, 3.63) is 84.3 Å². The molecule has 2 N–H and O–H groups in total. The van der Waals surface area contributed by atoms with Gasteiger partial charge in [-0.15, -0.1) is 0 Å². The minimum atomic E-state index is -0.388. The van der Waals surface area contributed by atoms with Crippen LogP contribution in [0.1, 0.15) is 16.1 Å². The molecule has 3 aromatic rings. The van der Waals surface area contributed by atoms with E-state index in [1.807, 2.05) is 30.3 Å². The topological polar surface area (TPSA) is 80.6 Å². The number of amides is 2. The van der Waals surface area contributed by atoms with E-state index in [1.54, 1.807) is 36.4 Å². The summed E-state index contributed by atoms with van der Waals surface area (Å²) in [5, 5.41) is 5.46. The second kappa shape index (κ2) is 8.53. The molecular weight excluding hydrogens is 344 g/mol. The van der Waals surface area contributed by atoms with E-state index in [9.17, 15) is 9.59 Å². The van der Waals surface area contributed by atoms with Gasteiger partial charge >= 0.3 is 0 Å². The summed E-state index contributed by atoms with van der Waals surface area (Å²) in [5.74, 6) is -0.0469. The van der Waals surface area contributed by atoms with Crippen LogP contribution >= 0.6 is 0 Å². The molecular formula is C21H18N2O4. The Morgan fingerprint density at radius 3 is 2.52 bits per heavy atom. The Morgan fingerprint density at radius 2 is 1.81 bits per heavy atom. The van der Waals surface area contributed by atoms with Crippen LogP contribution in [0.3, 0.4) is 0 Å².